The molecule has 1 aromatic carbocycles. The van der Waals surface area contributed by atoms with Crippen LogP contribution in [0.25, 0.3) is 0 Å². The van der Waals surface area contributed by atoms with Crippen LogP contribution in [0.4, 0.5) is 8.78 Å². The highest BCUT2D eigenvalue weighted by Crippen LogP contribution is 2.23. The first-order valence-corrected chi connectivity index (χ1v) is 6.11. The third-order valence-electron chi connectivity index (χ3n) is 1.97. The van der Waals surface area contributed by atoms with E-state index in [4.69, 9.17) is 0 Å². The first-order valence-electron chi connectivity index (χ1n) is 4.70. The maximum absolute atomic E-state index is 13.1. The van der Waals surface area contributed by atoms with Gasteiger partial charge < -0.3 is 4.74 Å². The second-order valence-corrected chi connectivity index (χ2v) is 5.04. The van der Waals surface area contributed by atoms with Crippen LogP contribution in [0.1, 0.15) is 10.4 Å². The lowest BCUT2D eigenvalue weighted by Crippen LogP contribution is -2.35. The Morgan fingerprint density at radius 3 is 2.33 bits per heavy atom. The van der Waals surface area contributed by atoms with Gasteiger partial charge >= 0.3 is 21.3 Å². The predicted octanol–water partition coefficient (Wildman–Crippen LogP) is 1.41. The number of rotatable bonds is 5. The molecule has 18 heavy (non-hydrogen) atoms. The molecule has 0 spiro atoms. The van der Waals surface area contributed by atoms with Crippen molar-refractivity contribution in [3.63, 3.8) is 0 Å². The summed E-state index contributed by atoms with van der Waals surface area (Å²) in [5, 5.41) is -4.29. The van der Waals surface area contributed by atoms with Crippen molar-refractivity contribution >= 4 is 16.1 Å². The topological polar surface area (TPSA) is 69.7 Å². The summed E-state index contributed by atoms with van der Waals surface area (Å²) < 4.78 is 55.7. The van der Waals surface area contributed by atoms with E-state index in [1.165, 1.54) is 24.3 Å². The molecule has 8 heteroatoms. The lowest BCUT2D eigenvalue weighted by atomic mass is 10.2. The van der Waals surface area contributed by atoms with E-state index < -0.39 is 27.9 Å². The summed E-state index contributed by atoms with van der Waals surface area (Å²) in [4.78, 5) is 11.3. The molecule has 0 aliphatic carbocycles. The van der Waals surface area contributed by atoms with E-state index in [-0.39, 0.29) is 5.56 Å². The first-order chi connectivity index (χ1) is 8.30. The SMILES string of the molecule is COS(=O)(=O)C(F)(F)COC(=O)c1ccccc1. The van der Waals surface area contributed by atoms with Gasteiger partial charge in [0.1, 0.15) is 0 Å². The number of esters is 1. The van der Waals surface area contributed by atoms with Crippen LogP contribution in [0.15, 0.2) is 30.3 Å². The van der Waals surface area contributed by atoms with Gasteiger partial charge in [-0.05, 0) is 12.1 Å². The maximum Gasteiger partial charge on any atom is 0.403 e. The standard InChI is InChI=1S/C10H10F2O5S/c1-16-18(14,15)10(11,12)7-17-9(13)8-5-3-2-4-6-8/h2-6H,7H2,1H3. The molecule has 0 radical (unpaired) electrons. The van der Waals surface area contributed by atoms with Crippen LogP contribution in [0.5, 0.6) is 0 Å². The average molecular weight is 280 g/mol. The summed E-state index contributed by atoms with van der Waals surface area (Å²) in [5.74, 6) is -1.04. The van der Waals surface area contributed by atoms with Crippen LogP contribution in [-0.4, -0.2) is 33.4 Å². The van der Waals surface area contributed by atoms with E-state index in [1.54, 1.807) is 6.07 Å². The Bertz CT molecular complexity index is 512. The van der Waals surface area contributed by atoms with Crippen molar-refractivity contribution in [3.05, 3.63) is 35.9 Å². The van der Waals surface area contributed by atoms with Crippen molar-refractivity contribution in [1.82, 2.24) is 0 Å². The van der Waals surface area contributed by atoms with E-state index in [0.717, 1.165) is 0 Å². The van der Waals surface area contributed by atoms with E-state index in [9.17, 15) is 22.0 Å². The van der Waals surface area contributed by atoms with Gasteiger partial charge in [-0.1, -0.05) is 18.2 Å². The van der Waals surface area contributed by atoms with Crippen LogP contribution in [0.3, 0.4) is 0 Å². The minimum Gasteiger partial charge on any atom is -0.454 e. The molecule has 1 aromatic rings. The minimum absolute atomic E-state index is 0.0446. The highest BCUT2D eigenvalue weighted by atomic mass is 32.2. The number of alkyl halides is 2. The molecule has 0 bridgehead atoms. The molecule has 1 rings (SSSR count). The summed E-state index contributed by atoms with van der Waals surface area (Å²) in [6.45, 7) is -1.60. The maximum atomic E-state index is 13.1. The van der Waals surface area contributed by atoms with Crippen LogP contribution in [0, 0.1) is 0 Å². The number of halogens is 2. The van der Waals surface area contributed by atoms with Gasteiger partial charge in [0.15, 0.2) is 6.61 Å². The first kappa shape index (κ1) is 14.5. The van der Waals surface area contributed by atoms with Gasteiger partial charge in [0.05, 0.1) is 12.7 Å². The van der Waals surface area contributed by atoms with Gasteiger partial charge in [-0.2, -0.15) is 17.2 Å². The minimum atomic E-state index is -5.09. The Morgan fingerprint density at radius 2 is 1.83 bits per heavy atom. The number of carbonyl (C=O) groups excluding carboxylic acids is 1. The molecule has 0 saturated carbocycles. The zero-order valence-corrected chi connectivity index (χ0v) is 10.1. The van der Waals surface area contributed by atoms with Crippen LogP contribution in [0.2, 0.25) is 0 Å². The highest BCUT2D eigenvalue weighted by Gasteiger charge is 2.47. The largest absolute Gasteiger partial charge is 0.454 e. The monoisotopic (exact) mass is 280 g/mol. The molecule has 0 heterocycles. The third-order valence-corrected chi connectivity index (χ3v) is 3.25. The van der Waals surface area contributed by atoms with Gasteiger partial charge in [-0.25, -0.2) is 4.79 Å². The molecule has 0 fully saturated rings. The van der Waals surface area contributed by atoms with Gasteiger partial charge in [0, 0.05) is 0 Å². The molecular weight excluding hydrogens is 270 g/mol. The van der Waals surface area contributed by atoms with Crippen LogP contribution < -0.4 is 0 Å². The Morgan fingerprint density at radius 1 is 1.28 bits per heavy atom. The van der Waals surface area contributed by atoms with Crippen molar-refractivity contribution in [3.8, 4) is 0 Å². The van der Waals surface area contributed by atoms with Crippen LogP contribution in [-0.2, 0) is 19.0 Å². The predicted molar refractivity (Wildman–Crippen MR) is 57.6 cm³/mol. The Hall–Kier alpha value is -1.54. The van der Waals surface area contributed by atoms with E-state index in [2.05, 4.69) is 8.92 Å². The Labute approximate surface area is 102 Å². The van der Waals surface area contributed by atoms with Crippen molar-refractivity contribution in [2.24, 2.45) is 0 Å². The fourth-order valence-corrected chi connectivity index (χ4v) is 1.45. The molecule has 0 aliphatic rings. The van der Waals surface area contributed by atoms with E-state index >= 15 is 0 Å². The molecule has 0 N–H and O–H groups in total. The zero-order chi connectivity index (χ0) is 13.8. The average Bonchev–Trinajstić information content (AvgIpc) is 2.36. The van der Waals surface area contributed by atoms with Crippen LogP contribution >= 0.6 is 0 Å². The fourth-order valence-electron chi connectivity index (χ4n) is 1.00. The van der Waals surface area contributed by atoms with Gasteiger partial charge in [0.2, 0.25) is 0 Å². The number of hydrogen-bond donors (Lipinski definition) is 0. The summed E-state index contributed by atoms with van der Waals surface area (Å²) in [6.07, 6.45) is 0. The van der Waals surface area contributed by atoms with Crippen molar-refractivity contribution in [1.29, 1.82) is 0 Å². The quantitative estimate of drug-likeness (QED) is 0.602. The Kier molecular flexibility index (Phi) is 4.36. The molecule has 0 unspecified atom stereocenters. The molecule has 5 nitrogen and oxygen atoms in total. The van der Waals surface area contributed by atoms with Gasteiger partial charge in [-0.3, -0.25) is 4.18 Å². The number of carbonyl (C=O) groups is 1. The smallest absolute Gasteiger partial charge is 0.403 e. The lowest BCUT2D eigenvalue weighted by molar-refractivity contribution is -0.0106. The summed E-state index contributed by atoms with van der Waals surface area (Å²) in [5.41, 5.74) is 0.0446. The zero-order valence-electron chi connectivity index (χ0n) is 9.30. The molecular formula is C10H10F2O5S. The number of benzene rings is 1. The molecule has 0 aromatic heterocycles. The van der Waals surface area contributed by atoms with Gasteiger partial charge in [0.25, 0.3) is 0 Å². The normalized spacial score (nSPS) is 12.2. The summed E-state index contributed by atoms with van der Waals surface area (Å²) in [6, 6.07) is 7.36. The summed E-state index contributed by atoms with van der Waals surface area (Å²) in [7, 11) is -4.49. The third kappa shape index (κ3) is 3.23. The molecule has 0 saturated heterocycles. The van der Waals surface area contributed by atoms with E-state index in [1.807, 2.05) is 0 Å². The molecule has 0 aliphatic heterocycles. The number of ether oxygens (including phenoxy) is 1. The molecule has 100 valence electrons. The van der Waals surface area contributed by atoms with E-state index in [0.29, 0.717) is 7.11 Å². The second-order valence-electron chi connectivity index (χ2n) is 3.20. The summed E-state index contributed by atoms with van der Waals surface area (Å²) >= 11 is 0. The highest BCUT2D eigenvalue weighted by molar-refractivity contribution is 7.87. The molecule has 0 amide bonds. The Balaban J connectivity index is 2.70. The second kappa shape index (κ2) is 5.40. The van der Waals surface area contributed by atoms with Crippen molar-refractivity contribution in [2.45, 2.75) is 5.25 Å². The number of hydrogen-bond acceptors (Lipinski definition) is 5. The lowest BCUT2D eigenvalue weighted by Gasteiger charge is -2.15. The fraction of sp³-hybridized carbons (Fsp3) is 0.300. The van der Waals surface area contributed by atoms with Crippen molar-refractivity contribution < 1.29 is 30.9 Å². The molecule has 0 atom stereocenters. The van der Waals surface area contributed by atoms with Crippen molar-refractivity contribution in [2.75, 3.05) is 13.7 Å². The van der Waals surface area contributed by atoms with Gasteiger partial charge in [-0.15, -0.1) is 0 Å².